The van der Waals surface area contributed by atoms with E-state index in [0.29, 0.717) is 16.8 Å². The van der Waals surface area contributed by atoms with E-state index < -0.39 is 0 Å². The lowest BCUT2D eigenvalue weighted by molar-refractivity contribution is -0.133. The third-order valence-electron chi connectivity index (χ3n) is 5.03. The van der Waals surface area contributed by atoms with E-state index in [4.69, 9.17) is 11.6 Å². The zero-order chi connectivity index (χ0) is 17.4. The van der Waals surface area contributed by atoms with Crippen molar-refractivity contribution in [3.05, 3.63) is 57.7 Å². The molecule has 0 N–H and O–H groups in total. The molecule has 2 atom stereocenters. The Kier molecular flexibility index (Phi) is 4.69. The summed E-state index contributed by atoms with van der Waals surface area (Å²) in [4.78, 5) is 21.3. The van der Waals surface area contributed by atoms with Crippen LogP contribution in [0.15, 0.2) is 47.1 Å². The molecule has 1 saturated carbocycles. The molecule has 0 radical (unpaired) electrons. The van der Waals surface area contributed by atoms with E-state index in [1.165, 1.54) is 5.56 Å². The molecular weight excluding hydrogens is 402 g/mol. The second kappa shape index (κ2) is 6.96. The molecule has 2 aliphatic rings. The fourth-order valence-corrected chi connectivity index (χ4v) is 3.87. The van der Waals surface area contributed by atoms with Crippen LogP contribution in [0, 0.1) is 5.92 Å². The monoisotopic (exact) mass is 419 g/mol. The molecule has 1 aliphatic carbocycles. The molecule has 4 nitrogen and oxygen atoms in total. The second-order valence-electron chi connectivity index (χ2n) is 6.65. The molecule has 2 aromatic rings. The molecule has 25 heavy (non-hydrogen) atoms. The number of anilines is 1. The Hall–Kier alpha value is -1.59. The number of halogens is 2. The minimum Gasteiger partial charge on any atom is -0.353 e. The summed E-state index contributed by atoms with van der Waals surface area (Å²) in [6.45, 7) is 3.14. The molecule has 0 spiro atoms. The Morgan fingerprint density at radius 1 is 1.08 bits per heavy atom. The van der Waals surface area contributed by atoms with Crippen molar-refractivity contribution in [2.75, 3.05) is 31.1 Å². The van der Waals surface area contributed by atoms with Gasteiger partial charge >= 0.3 is 0 Å². The molecular formula is C19H19BrClN3O. The van der Waals surface area contributed by atoms with Gasteiger partial charge in [0.2, 0.25) is 5.91 Å². The lowest BCUT2D eigenvalue weighted by Crippen LogP contribution is -2.49. The molecule has 1 amide bonds. The van der Waals surface area contributed by atoms with Crippen LogP contribution in [0.5, 0.6) is 0 Å². The van der Waals surface area contributed by atoms with Crippen LogP contribution in [0.25, 0.3) is 0 Å². The maximum absolute atomic E-state index is 12.8. The molecule has 1 aromatic carbocycles. The molecule has 4 rings (SSSR count). The number of nitrogens with zero attached hydrogens (tertiary/aromatic N) is 3. The lowest BCUT2D eigenvalue weighted by Gasteiger charge is -2.35. The minimum absolute atomic E-state index is 0.154. The normalized spacial score (nSPS) is 22.8. The van der Waals surface area contributed by atoms with E-state index in [1.807, 2.05) is 29.2 Å². The number of piperazine rings is 1. The fraction of sp³-hybridized carbons (Fsp3) is 0.368. The second-order valence-corrected chi connectivity index (χ2v) is 8.00. The number of benzene rings is 1. The van der Waals surface area contributed by atoms with Crippen LogP contribution >= 0.6 is 27.5 Å². The highest BCUT2D eigenvalue weighted by atomic mass is 79.9. The Bertz CT molecular complexity index is 757. The van der Waals surface area contributed by atoms with Gasteiger partial charge in [-0.25, -0.2) is 4.98 Å². The highest BCUT2D eigenvalue weighted by molar-refractivity contribution is 9.10. The summed E-state index contributed by atoms with van der Waals surface area (Å²) in [5.41, 5.74) is 1.27. The van der Waals surface area contributed by atoms with Gasteiger partial charge in [-0.05, 0) is 42.2 Å². The quantitative estimate of drug-likeness (QED) is 0.754. The Morgan fingerprint density at radius 2 is 1.80 bits per heavy atom. The summed E-state index contributed by atoms with van der Waals surface area (Å²) in [5.74, 6) is 1.77. The highest BCUT2D eigenvalue weighted by Crippen LogP contribution is 2.48. The standard InChI is InChI=1S/C19H19BrClN3O/c20-14-3-1-13(2-4-14)16-11-17(16)19(25)24-9-7-23(8-10-24)18-6-5-15(21)12-22-18/h1-6,12,16-17H,7-11H2. The van der Waals surface area contributed by atoms with Gasteiger partial charge in [-0.15, -0.1) is 0 Å². The number of amides is 1. The summed E-state index contributed by atoms with van der Waals surface area (Å²) in [6.07, 6.45) is 2.64. The van der Waals surface area contributed by atoms with Crippen molar-refractivity contribution in [1.82, 2.24) is 9.88 Å². The maximum Gasteiger partial charge on any atom is 0.226 e. The van der Waals surface area contributed by atoms with Crippen LogP contribution in [0.1, 0.15) is 17.9 Å². The topological polar surface area (TPSA) is 36.4 Å². The van der Waals surface area contributed by atoms with Gasteiger partial charge in [-0.2, -0.15) is 0 Å². The van der Waals surface area contributed by atoms with Gasteiger partial charge in [-0.1, -0.05) is 39.7 Å². The first-order chi connectivity index (χ1) is 12.1. The Labute approximate surface area is 160 Å². The van der Waals surface area contributed by atoms with E-state index in [1.54, 1.807) is 6.20 Å². The van der Waals surface area contributed by atoms with Gasteiger partial charge in [0, 0.05) is 42.8 Å². The van der Waals surface area contributed by atoms with E-state index >= 15 is 0 Å². The number of carbonyl (C=O) groups excluding carboxylic acids is 1. The number of aromatic nitrogens is 1. The summed E-state index contributed by atoms with van der Waals surface area (Å²) in [6, 6.07) is 12.1. The molecule has 1 aromatic heterocycles. The van der Waals surface area contributed by atoms with E-state index in [-0.39, 0.29) is 5.92 Å². The molecule has 2 unspecified atom stereocenters. The molecule has 2 fully saturated rings. The zero-order valence-corrected chi connectivity index (χ0v) is 16.1. The fourth-order valence-electron chi connectivity index (χ4n) is 3.49. The summed E-state index contributed by atoms with van der Waals surface area (Å²) in [7, 11) is 0. The van der Waals surface area contributed by atoms with Crippen molar-refractivity contribution >= 4 is 39.3 Å². The molecule has 130 valence electrons. The number of hydrogen-bond acceptors (Lipinski definition) is 3. The van der Waals surface area contributed by atoms with Crippen LogP contribution in [0.3, 0.4) is 0 Å². The summed E-state index contributed by atoms with van der Waals surface area (Å²) < 4.78 is 1.08. The van der Waals surface area contributed by atoms with Gasteiger partial charge in [0.25, 0.3) is 0 Å². The Balaban J connectivity index is 1.33. The van der Waals surface area contributed by atoms with Gasteiger partial charge in [-0.3, -0.25) is 4.79 Å². The van der Waals surface area contributed by atoms with Crippen LogP contribution in [-0.4, -0.2) is 42.0 Å². The van der Waals surface area contributed by atoms with Crippen LogP contribution in [0.2, 0.25) is 5.02 Å². The minimum atomic E-state index is 0.154. The van der Waals surface area contributed by atoms with Crippen molar-refractivity contribution in [3.8, 4) is 0 Å². The smallest absolute Gasteiger partial charge is 0.226 e. The average Bonchev–Trinajstić information content (AvgIpc) is 3.43. The zero-order valence-electron chi connectivity index (χ0n) is 13.7. The van der Waals surface area contributed by atoms with E-state index in [2.05, 4.69) is 37.9 Å². The highest BCUT2D eigenvalue weighted by Gasteiger charge is 2.46. The number of hydrogen-bond donors (Lipinski definition) is 0. The van der Waals surface area contributed by atoms with Crippen molar-refractivity contribution < 1.29 is 4.79 Å². The lowest BCUT2D eigenvalue weighted by atomic mass is 10.1. The van der Waals surface area contributed by atoms with Gasteiger partial charge < -0.3 is 9.80 Å². The first kappa shape index (κ1) is 16.9. The first-order valence-electron chi connectivity index (χ1n) is 8.52. The third kappa shape index (κ3) is 3.67. The van der Waals surface area contributed by atoms with Gasteiger partial charge in [0.1, 0.15) is 5.82 Å². The predicted molar refractivity (Wildman–Crippen MR) is 103 cm³/mol. The summed E-state index contributed by atoms with van der Waals surface area (Å²) >= 11 is 9.35. The SMILES string of the molecule is O=C(C1CC1c1ccc(Br)cc1)N1CCN(c2ccc(Cl)cn2)CC1. The average molecular weight is 421 g/mol. The van der Waals surface area contributed by atoms with Crippen molar-refractivity contribution in [2.45, 2.75) is 12.3 Å². The molecule has 1 saturated heterocycles. The molecule has 6 heteroatoms. The van der Waals surface area contributed by atoms with Crippen molar-refractivity contribution in [1.29, 1.82) is 0 Å². The third-order valence-corrected chi connectivity index (χ3v) is 5.79. The van der Waals surface area contributed by atoms with Crippen molar-refractivity contribution in [3.63, 3.8) is 0 Å². The number of pyridine rings is 1. The van der Waals surface area contributed by atoms with Crippen LogP contribution in [-0.2, 0) is 4.79 Å². The molecule has 0 bridgehead atoms. The maximum atomic E-state index is 12.8. The Morgan fingerprint density at radius 3 is 2.44 bits per heavy atom. The first-order valence-corrected chi connectivity index (χ1v) is 9.69. The predicted octanol–water partition coefficient (Wildman–Crippen LogP) is 3.95. The number of rotatable bonds is 3. The molecule has 1 aliphatic heterocycles. The van der Waals surface area contributed by atoms with E-state index in [9.17, 15) is 4.79 Å². The molecule has 2 heterocycles. The van der Waals surface area contributed by atoms with Crippen LogP contribution in [0.4, 0.5) is 5.82 Å². The summed E-state index contributed by atoms with van der Waals surface area (Å²) in [5, 5.41) is 0.644. The van der Waals surface area contributed by atoms with Gasteiger partial charge in [0.15, 0.2) is 0 Å². The number of carbonyl (C=O) groups is 1. The van der Waals surface area contributed by atoms with Crippen molar-refractivity contribution in [2.24, 2.45) is 5.92 Å². The van der Waals surface area contributed by atoms with Crippen LogP contribution < -0.4 is 4.90 Å². The van der Waals surface area contributed by atoms with E-state index in [0.717, 1.165) is 42.9 Å². The largest absolute Gasteiger partial charge is 0.353 e. The van der Waals surface area contributed by atoms with Gasteiger partial charge in [0.05, 0.1) is 5.02 Å².